The molecule has 10 aromatic carbocycles. The maximum atomic E-state index is 5.87. The van der Waals surface area contributed by atoms with Crippen LogP contribution in [0.1, 0.15) is 50.9 Å². The lowest BCUT2D eigenvalue weighted by Crippen LogP contribution is -2.14. The predicted molar refractivity (Wildman–Crippen MR) is 272 cm³/mol. The fourth-order valence-electron chi connectivity index (χ4n) is 12.8. The molecule has 0 radical (unpaired) electrons. The van der Waals surface area contributed by atoms with Gasteiger partial charge in [0.05, 0.1) is 33.7 Å². The molecule has 13 aromatic rings. The zero-order valence-corrected chi connectivity index (χ0v) is 35.8. The van der Waals surface area contributed by atoms with Gasteiger partial charge >= 0.3 is 0 Å². The first-order valence-corrected chi connectivity index (χ1v) is 23.0. The Kier molecular flexibility index (Phi) is 7.08. The molecule has 3 aromatic heterocycles. The molecule has 0 amide bonds. The van der Waals surface area contributed by atoms with E-state index in [-0.39, 0.29) is 11.8 Å². The number of rotatable bonds is 3. The number of nitrogens with zero attached hydrogens (tertiary/aromatic N) is 2. The Bertz CT molecular complexity index is 4170. The second-order valence-electron chi connectivity index (χ2n) is 18.4. The summed E-state index contributed by atoms with van der Waals surface area (Å²) in [6, 6.07) is 75.0. The quantitative estimate of drug-likeness (QED) is 0.173. The van der Waals surface area contributed by atoms with Crippen molar-refractivity contribution in [2.75, 3.05) is 0 Å². The third kappa shape index (κ3) is 4.61. The molecule has 2 heteroatoms. The molecule has 0 saturated heterocycles. The maximum Gasteiger partial charge on any atom is 0.0712 e. The highest BCUT2D eigenvalue weighted by Gasteiger charge is 2.39. The molecule has 2 aliphatic carbocycles. The fraction of sp³-hybridized carbons (Fsp3) is 0.0635. The van der Waals surface area contributed by atoms with Crippen LogP contribution in [0, 0.1) is 6.92 Å². The molecule has 0 saturated carbocycles. The van der Waals surface area contributed by atoms with Crippen molar-refractivity contribution in [3.05, 3.63) is 239 Å². The number of aromatic nitrogens is 2. The van der Waals surface area contributed by atoms with Crippen LogP contribution in [0.2, 0.25) is 0 Å². The van der Waals surface area contributed by atoms with Crippen molar-refractivity contribution in [2.24, 2.45) is 0 Å². The van der Waals surface area contributed by atoms with Gasteiger partial charge in [-0.25, -0.2) is 0 Å². The van der Waals surface area contributed by atoms with Gasteiger partial charge in [0.25, 0.3) is 0 Å². The summed E-state index contributed by atoms with van der Waals surface area (Å²) in [6.07, 6.45) is 0.977. The summed E-state index contributed by atoms with van der Waals surface area (Å²) >= 11 is 0. The number of para-hydroxylation sites is 3. The van der Waals surface area contributed by atoms with E-state index in [1.165, 1.54) is 132 Å². The zero-order valence-electron chi connectivity index (χ0n) is 35.8. The second-order valence-corrected chi connectivity index (χ2v) is 18.4. The first-order chi connectivity index (χ1) is 32.2. The van der Waals surface area contributed by atoms with E-state index in [1.807, 2.05) is 0 Å². The Labute approximate surface area is 376 Å². The van der Waals surface area contributed by atoms with Gasteiger partial charge in [-0.1, -0.05) is 188 Å². The van der Waals surface area contributed by atoms with Gasteiger partial charge in [-0.2, -0.15) is 0 Å². The van der Waals surface area contributed by atoms with Crippen molar-refractivity contribution in [3.63, 3.8) is 0 Å². The van der Waals surface area contributed by atoms with Crippen LogP contribution in [0.4, 0.5) is 0 Å². The monoisotopic (exact) mass is 824 g/mol. The van der Waals surface area contributed by atoms with E-state index in [4.69, 9.17) is 4.98 Å². The van der Waals surface area contributed by atoms with Crippen molar-refractivity contribution < 1.29 is 0 Å². The molecule has 0 spiro atoms. The average Bonchev–Trinajstić information content (AvgIpc) is 4.02. The van der Waals surface area contributed by atoms with Crippen LogP contribution in [-0.4, -0.2) is 9.38 Å². The maximum absolute atomic E-state index is 5.87. The number of pyridine rings is 1. The van der Waals surface area contributed by atoms with Gasteiger partial charge in [-0.15, -0.1) is 0 Å². The van der Waals surface area contributed by atoms with E-state index in [9.17, 15) is 0 Å². The summed E-state index contributed by atoms with van der Waals surface area (Å²) in [5.41, 5.74) is 22.0. The Balaban J connectivity index is 1.11. The molecule has 3 heterocycles. The molecule has 2 atom stereocenters. The highest BCUT2D eigenvalue weighted by molar-refractivity contribution is 6.31. The second kappa shape index (κ2) is 13.0. The lowest BCUT2D eigenvalue weighted by molar-refractivity contribution is 0.794. The smallest absolute Gasteiger partial charge is 0.0712 e. The van der Waals surface area contributed by atoms with Crippen molar-refractivity contribution >= 4 is 70.5 Å². The highest BCUT2D eigenvalue weighted by atomic mass is 14.9. The Morgan fingerprint density at radius 2 is 1.11 bits per heavy atom. The SMILES string of the molecule is Cc1c(C2c3ccc4ccccc4c3-c3c2c2c4cccc5c6ccccc6n(c54)c2c2ccccc32)nc2ccccc2c1-c1cccc2c1-c1ccccc1CC2c1ccccc1. The van der Waals surface area contributed by atoms with Crippen molar-refractivity contribution in [1.29, 1.82) is 0 Å². The lowest BCUT2D eigenvalue weighted by Gasteiger charge is -2.31. The first-order valence-electron chi connectivity index (χ1n) is 23.0. The third-order valence-corrected chi connectivity index (χ3v) is 15.3. The van der Waals surface area contributed by atoms with Crippen molar-refractivity contribution in [1.82, 2.24) is 9.38 Å². The van der Waals surface area contributed by atoms with Crippen LogP contribution in [0.25, 0.3) is 104 Å². The van der Waals surface area contributed by atoms with E-state index in [0.717, 1.165) is 17.6 Å². The summed E-state index contributed by atoms with van der Waals surface area (Å²) < 4.78 is 2.58. The summed E-state index contributed by atoms with van der Waals surface area (Å²) in [4.78, 5) is 5.87. The molecular weight excluding hydrogens is 785 g/mol. The number of fused-ring (bicyclic) bond motifs is 19. The molecule has 0 N–H and O–H groups in total. The average molecular weight is 825 g/mol. The molecule has 2 unspecified atom stereocenters. The van der Waals surface area contributed by atoms with Gasteiger partial charge in [0, 0.05) is 38.2 Å². The Hall–Kier alpha value is -8.07. The topological polar surface area (TPSA) is 17.3 Å². The molecule has 0 bridgehead atoms. The molecule has 0 fully saturated rings. The van der Waals surface area contributed by atoms with Gasteiger partial charge in [0.1, 0.15) is 0 Å². The van der Waals surface area contributed by atoms with Crippen LogP contribution in [0.3, 0.4) is 0 Å². The van der Waals surface area contributed by atoms with Gasteiger partial charge in [0.2, 0.25) is 0 Å². The molecule has 2 nitrogen and oxygen atoms in total. The van der Waals surface area contributed by atoms with E-state index in [1.54, 1.807) is 0 Å². The Morgan fingerprint density at radius 3 is 2.00 bits per heavy atom. The number of hydrogen-bond donors (Lipinski definition) is 0. The van der Waals surface area contributed by atoms with Crippen LogP contribution in [0.5, 0.6) is 0 Å². The molecule has 0 aliphatic heterocycles. The van der Waals surface area contributed by atoms with E-state index in [2.05, 4.69) is 212 Å². The van der Waals surface area contributed by atoms with E-state index in [0.29, 0.717) is 0 Å². The third-order valence-electron chi connectivity index (χ3n) is 15.3. The normalized spacial score (nSPS) is 15.4. The minimum atomic E-state index is -0.124. The Morgan fingerprint density at radius 1 is 0.446 bits per heavy atom. The van der Waals surface area contributed by atoms with Crippen LogP contribution in [-0.2, 0) is 6.42 Å². The number of hydrogen-bond acceptors (Lipinski definition) is 1. The van der Waals surface area contributed by atoms with Crippen LogP contribution < -0.4 is 0 Å². The first kappa shape index (κ1) is 35.4. The summed E-state index contributed by atoms with van der Waals surface area (Å²) in [6.45, 7) is 2.37. The minimum absolute atomic E-state index is 0.124. The zero-order chi connectivity index (χ0) is 42.5. The van der Waals surface area contributed by atoms with Gasteiger partial charge in [-0.3, -0.25) is 4.98 Å². The largest absolute Gasteiger partial charge is 0.307 e. The van der Waals surface area contributed by atoms with Gasteiger partial charge in [0.15, 0.2) is 0 Å². The molecule has 65 heavy (non-hydrogen) atoms. The van der Waals surface area contributed by atoms with Crippen LogP contribution >= 0.6 is 0 Å². The molecular formula is C63H40N2. The van der Waals surface area contributed by atoms with Crippen molar-refractivity contribution in [3.8, 4) is 33.4 Å². The van der Waals surface area contributed by atoms with Gasteiger partial charge < -0.3 is 4.40 Å². The molecule has 2 aliphatic rings. The number of benzene rings is 10. The highest BCUT2D eigenvalue weighted by Crippen LogP contribution is 2.59. The van der Waals surface area contributed by atoms with Crippen molar-refractivity contribution in [2.45, 2.75) is 25.2 Å². The van der Waals surface area contributed by atoms with E-state index < -0.39 is 0 Å². The fourth-order valence-corrected chi connectivity index (χ4v) is 12.8. The predicted octanol–water partition coefficient (Wildman–Crippen LogP) is 16.2. The van der Waals surface area contributed by atoms with Crippen LogP contribution in [0.15, 0.2) is 200 Å². The van der Waals surface area contributed by atoms with Gasteiger partial charge in [-0.05, 0) is 108 Å². The molecule has 15 rings (SSSR count). The van der Waals surface area contributed by atoms with E-state index >= 15 is 0 Å². The molecule has 302 valence electrons. The summed E-state index contributed by atoms with van der Waals surface area (Å²) in [7, 11) is 0. The lowest BCUT2D eigenvalue weighted by atomic mass is 9.73. The standard InChI is InChI=1S/C63H40N2/c1-36-54(48-29-15-27-44-51(37-17-3-2-4-18-37)35-39-20-6-8-22-41(39)55(44)48)47-26-11-13-31-52(47)64-61(36)58-49-34-33-38-19-5-7-21-40(38)56(49)57-43-24-9-10-25-46(43)63-59(60(57)58)50-30-16-28-45-42-23-12-14-32-53(42)65(63)62(45)50/h2-34,51,58H,35H2,1H3. The summed E-state index contributed by atoms with van der Waals surface area (Å²) in [5, 5.41) is 11.5. The summed E-state index contributed by atoms with van der Waals surface area (Å²) in [5.74, 6) is 0.129. The minimum Gasteiger partial charge on any atom is -0.307 e.